The molecule has 0 aromatic carbocycles. The number of hydrogen-bond donors (Lipinski definition) is 2. The number of nitrogens with zero attached hydrogens (tertiary/aromatic N) is 2. The van der Waals surface area contributed by atoms with Crippen molar-refractivity contribution in [3.05, 3.63) is 10.6 Å². The second kappa shape index (κ2) is 8.10. The van der Waals surface area contributed by atoms with Crippen LogP contribution < -0.4 is 5.32 Å². The minimum atomic E-state index is -1.10. The molecule has 2 N–H and O–H groups in total. The highest BCUT2D eigenvalue weighted by Gasteiger charge is 2.60. The summed E-state index contributed by atoms with van der Waals surface area (Å²) in [7, 11) is 3.43. The standard InChI is InChI=1S/C20H29N3O5S/c1-9(6-10(2)24)14-15-11(3)17(16(20(27)28)23(15)19(14)26)29-12-7-13(21-8-12)18(25)22(4)5/h9,11-15,21H,6-8H2,1-5H3,(H,27,28)/t9-,11+,12-,13+,14+,15+/m0/s1. The normalized spacial score (nSPS) is 32.1. The predicted octanol–water partition coefficient (Wildman–Crippen LogP) is 0.926. The molecule has 2 amide bonds. The summed E-state index contributed by atoms with van der Waals surface area (Å²) >= 11 is 1.47. The SMILES string of the molecule is CC(=O)C[C@H](C)[C@H]1C(=O)N2C(C(=O)O)=C(S[C@@H]3CN[C@@H](C(=O)N(C)C)C3)[C@H](C)[C@H]12. The number of nitrogens with one attached hydrogen (secondary N) is 1. The highest BCUT2D eigenvalue weighted by Crippen LogP contribution is 2.53. The second-order valence-corrected chi connectivity index (χ2v) is 9.93. The quantitative estimate of drug-likeness (QED) is 0.587. The van der Waals surface area contributed by atoms with Crippen LogP contribution in [0.1, 0.15) is 33.6 Å². The smallest absolute Gasteiger partial charge is 0.353 e. The minimum absolute atomic E-state index is 0.0112. The van der Waals surface area contributed by atoms with Crippen LogP contribution in [0, 0.1) is 17.8 Å². The van der Waals surface area contributed by atoms with E-state index in [-0.39, 0.29) is 58.4 Å². The summed E-state index contributed by atoms with van der Waals surface area (Å²) in [4.78, 5) is 52.1. The molecule has 0 aliphatic carbocycles. The maximum atomic E-state index is 12.8. The molecule has 2 fully saturated rings. The molecule has 9 heteroatoms. The Morgan fingerprint density at radius 3 is 2.55 bits per heavy atom. The Morgan fingerprint density at radius 1 is 1.34 bits per heavy atom. The number of thioether (sulfide) groups is 1. The van der Waals surface area contributed by atoms with Crippen LogP contribution >= 0.6 is 11.8 Å². The first-order valence-corrected chi connectivity index (χ1v) is 10.8. The number of carboxylic acids is 1. The largest absolute Gasteiger partial charge is 0.477 e. The van der Waals surface area contributed by atoms with E-state index < -0.39 is 5.97 Å². The van der Waals surface area contributed by atoms with Gasteiger partial charge in [-0.15, -0.1) is 11.8 Å². The van der Waals surface area contributed by atoms with Gasteiger partial charge in [-0.3, -0.25) is 9.59 Å². The lowest BCUT2D eigenvalue weighted by Gasteiger charge is -2.47. The molecular formula is C20H29N3O5S. The van der Waals surface area contributed by atoms with Crippen LogP contribution in [-0.4, -0.2) is 76.4 Å². The molecule has 0 bridgehead atoms. The molecule has 0 aromatic heterocycles. The number of carboxylic acid groups (broad SMARTS) is 1. The number of rotatable bonds is 7. The van der Waals surface area contributed by atoms with E-state index in [1.54, 1.807) is 19.0 Å². The summed E-state index contributed by atoms with van der Waals surface area (Å²) in [5.74, 6) is -1.80. The molecule has 0 unspecified atom stereocenters. The molecule has 29 heavy (non-hydrogen) atoms. The number of amides is 2. The zero-order chi connectivity index (χ0) is 21.6. The maximum absolute atomic E-state index is 12.8. The van der Waals surface area contributed by atoms with Gasteiger partial charge in [0, 0.05) is 43.1 Å². The number of β-lactam (4-membered cyclic amide) rings is 1. The summed E-state index contributed by atoms with van der Waals surface area (Å²) in [5, 5.41) is 13.1. The lowest BCUT2D eigenvalue weighted by molar-refractivity contribution is -0.160. The fourth-order valence-electron chi connectivity index (χ4n) is 4.82. The van der Waals surface area contributed by atoms with Crippen molar-refractivity contribution in [2.24, 2.45) is 17.8 Å². The van der Waals surface area contributed by atoms with Crippen LogP contribution in [-0.2, 0) is 19.2 Å². The van der Waals surface area contributed by atoms with E-state index >= 15 is 0 Å². The molecule has 3 rings (SSSR count). The van der Waals surface area contributed by atoms with Crippen LogP contribution in [0.5, 0.6) is 0 Å². The van der Waals surface area contributed by atoms with Crippen molar-refractivity contribution in [2.75, 3.05) is 20.6 Å². The fourth-order valence-corrected chi connectivity index (χ4v) is 6.30. The van der Waals surface area contributed by atoms with Gasteiger partial charge in [0.05, 0.1) is 18.0 Å². The van der Waals surface area contributed by atoms with Crippen LogP contribution in [0.2, 0.25) is 0 Å². The highest BCUT2D eigenvalue weighted by atomic mass is 32.2. The molecular weight excluding hydrogens is 394 g/mol. The number of hydrogen-bond acceptors (Lipinski definition) is 6. The summed E-state index contributed by atoms with van der Waals surface area (Å²) in [5.41, 5.74) is 0.0751. The molecule has 0 aromatic rings. The van der Waals surface area contributed by atoms with Gasteiger partial charge in [-0.25, -0.2) is 4.79 Å². The van der Waals surface area contributed by atoms with E-state index in [0.717, 1.165) is 0 Å². The Morgan fingerprint density at radius 2 is 2.00 bits per heavy atom. The van der Waals surface area contributed by atoms with E-state index in [1.165, 1.54) is 23.6 Å². The second-order valence-electron chi connectivity index (χ2n) is 8.58. The number of carbonyl (C=O) groups is 4. The third kappa shape index (κ3) is 3.82. The van der Waals surface area contributed by atoms with Gasteiger partial charge in [0.1, 0.15) is 11.5 Å². The Balaban J connectivity index is 1.77. The van der Waals surface area contributed by atoms with Crippen molar-refractivity contribution in [1.82, 2.24) is 15.1 Å². The third-order valence-electron chi connectivity index (χ3n) is 6.14. The molecule has 3 aliphatic rings. The van der Waals surface area contributed by atoms with Crippen molar-refractivity contribution < 1.29 is 24.3 Å². The molecule has 0 radical (unpaired) electrons. The first kappa shape index (κ1) is 21.8. The van der Waals surface area contributed by atoms with E-state index in [2.05, 4.69) is 5.32 Å². The van der Waals surface area contributed by atoms with Gasteiger partial charge < -0.3 is 25.0 Å². The van der Waals surface area contributed by atoms with Crippen LogP contribution in [0.25, 0.3) is 0 Å². The molecule has 3 heterocycles. The zero-order valence-corrected chi connectivity index (χ0v) is 18.3. The Bertz CT molecular complexity index is 780. The topological polar surface area (TPSA) is 107 Å². The monoisotopic (exact) mass is 423 g/mol. The van der Waals surface area contributed by atoms with E-state index in [4.69, 9.17) is 0 Å². The predicted molar refractivity (Wildman–Crippen MR) is 109 cm³/mol. The van der Waals surface area contributed by atoms with Gasteiger partial charge in [0.15, 0.2) is 0 Å². The molecule has 6 atom stereocenters. The maximum Gasteiger partial charge on any atom is 0.353 e. The highest BCUT2D eigenvalue weighted by molar-refractivity contribution is 8.03. The minimum Gasteiger partial charge on any atom is -0.477 e. The van der Waals surface area contributed by atoms with Gasteiger partial charge in [-0.2, -0.15) is 0 Å². The van der Waals surface area contributed by atoms with Crippen molar-refractivity contribution in [1.29, 1.82) is 0 Å². The van der Waals surface area contributed by atoms with Gasteiger partial charge >= 0.3 is 5.97 Å². The number of aliphatic carboxylic acids is 1. The fraction of sp³-hybridized carbons (Fsp3) is 0.700. The van der Waals surface area contributed by atoms with Gasteiger partial charge in [0.25, 0.3) is 0 Å². The summed E-state index contributed by atoms with van der Waals surface area (Å²) < 4.78 is 0. The van der Waals surface area contributed by atoms with Crippen molar-refractivity contribution >= 4 is 35.3 Å². The number of fused-ring (bicyclic) bond motifs is 1. The number of ketones is 1. The summed E-state index contributed by atoms with van der Waals surface area (Å²) in [6.07, 6.45) is 0.937. The third-order valence-corrected chi connectivity index (χ3v) is 7.65. The van der Waals surface area contributed by atoms with E-state index in [0.29, 0.717) is 24.3 Å². The number of Topliss-reactive ketones (excluding diaryl/α,β-unsaturated/α-hetero) is 1. The van der Waals surface area contributed by atoms with Crippen LogP contribution in [0.3, 0.4) is 0 Å². The Hall–Kier alpha value is -1.87. The van der Waals surface area contributed by atoms with Crippen LogP contribution in [0.15, 0.2) is 10.6 Å². The molecule has 160 valence electrons. The van der Waals surface area contributed by atoms with Crippen molar-refractivity contribution in [3.8, 4) is 0 Å². The Labute approximate surface area is 175 Å². The van der Waals surface area contributed by atoms with Crippen molar-refractivity contribution in [2.45, 2.75) is 50.9 Å². The van der Waals surface area contributed by atoms with E-state index in [1.807, 2.05) is 13.8 Å². The first-order valence-electron chi connectivity index (χ1n) is 9.95. The zero-order valence-electron chi connectivity index (χ0n) is 17.5. The summed E-state index contributed by atoms with van der Waals surface area (Å²) in [6.45, 7) is 5.97. The average molecular weight is 424 g/mol. The Kier molecular flexibility index (Phi) is 6.10. The number of likely N-dealkylation sites (N-methyl/N-ethyl adjacent to an activating group) is 1. The molecule has 0 spiro atoms. The van der Waals surface area contributed by atoms with Crippen molar-refractivity contribution in [3.63, 3.8) is 0 Å². The number of carbonyl (C=O) groups excluding carboxylic acids is 3. The van der Waals surface area contributed by atoms with Gasteiger partial charge in [-0.05, 0) is 19.3 Å². The van der Waals surface area contributed by atoms with E-state index in [9.17, 15) is 24.3 Å². The first-order chi connectivity index (χ1) is 13.5. The average Bonchev–Trinajstić information content (AvgIpc) is 3.16. The van der Waals surface area contributed by atoms with Gasteiger partial charge in [0.2, 0.25) is 11.8 Å². The molecule has 2 saturated heterocycles. The molecule has 0 saturated carbocycles. The van der Waals surface area contributed by atoms with Crippen LogP contribution in [0.4, 0.5) is 0 Å². The summed E-state index contributed by atoms with van der Waals surface area (Å²) in [6, 6.07) is -0.478. The lowest BCUT2D eigenvalue weighted by atomic mass is 9.73. The molecule has 3 aliphatic heterocycles. The lowest BCUT2D eigenvalue weighted by Crippen LogP contribution is -2.62. The van der Waals surface area contributed by atoms with Gasteiger partial charge in [-0.1, -0.05) is 13.8 Å². The molecule has 8 nitrogen and oxygen atoms in total.